The maximum atomic E-state index is 13.2. The third kappa shape index (κ3) is 32.3. The van der Waals surface area contributed by atoms with Gasteiger partial charge in [-0.3, -0.25) is 35.7 Å². The van der Waals surface area contributed by atoms with Crippen LogP contribution in [-0.2, 0) is 28.4 Å². The van der Waals surface area contributed by atoms with Crippen molar-refractivity contribution in [2.24, 2.45) is 39.6 Å². The van der Waals surface area contributed by atoms with Gasteiger partial charge in [-0.1, -0.05) is 191 Å². The summed E-state index contributed by atoms with van der Waals surface area (Å²) < 4.78 is 37.1. The normalized spacial score (nSPS) is 10.5. The van der Waals surface area contributed by atoms with Crippen LogP contribution >= 0.6 is 0 Å². The van der Waals surface area contributed by atoms with Gasteiger partial charge in [-0.25, -0.2) is 14.4 Å². The highest BCUT2D eigenvalue weighted by molar-refractivity contribution is 6.75. The van der Waals surface area contributed by atoms with Crippen LogP contribution in [0.3, 0.4) is 0 Å². The summed E-state index contributed by atoms with van der Waals surface area (Å²) in [5.74, 6) is -0.206. The SMILES string of the molecule is C.CCC(C)CC.CCC(C)CC.CCC(CC)C(=O)Nc1cc(-c2cc(NC(=O)C(CC)CC)oc2NC(=O)C(CC)CC)c(NC(=O)O[Si](CC)(CC)CC)o1.CCCCC.CC[Si](O)(CC)CC.N#COc1cc(-c2cc(N=C=O)oc2OC#N)c(N=C=O)o1. The molecule has 4 aromatic rings. The average Bonchev–Trinajstić information content (AvgIpc) is 1.67. The van der Waals surface area contributed by atoms with Crippen molar-refractivity contribution in [2.75, 3.05) is 21.3 Å². The second kappa shape index (κ2) is 51.0. The Labute approximate surface area is 558 Å². The molecule has 4 rings (SSSR count). The lowest BCUT2D eigenvalue weighted by Gasteiger charge is -2.27. The molecule has 0 saturated carbocycles. The summed E-state index contributed by atoms with van der Waals surface area (Å²) in [7, 11) is -3.98. The summed E-state index contributed by atoms with van der Waals surface area (Å²) in [5, 5.41) is 28.3. The quantitative estimate of drug-likeness (QED) is 0.0131. The standard InChI is InChI=1S/C33H54N4O7Si.C12H2N4O6.C6H16OSi.2C6H14.C5H12.CH4/c1-10-21(11-2)28(38)34-26-19-24(31(42-26)36-30(40)23(14-5)15-6)25-20-27(35-29(39)22(12-3)13-4)43-32(25)37-33(41)44-45(16-7,17-8)18-9;13-3-19-10-2-7(11(22-10)16-6-18)8-1-9(15-5-17)21-12(8)20-4-14;1-4-8(7,5-2)6-3;2*1-4-6(3)5-2;1-3-5-4-2;/h19-23H,10-18H2,1-9H3,(H,34,38)(H,35,39)(H,36,40)(H,37,41);1-2H;7H,4-6H2,1-3H3;2*6H,4-5H2,1-3H3;3-5H2,1-2H3;1H4. The van der Waals surface area contributed by atoms with Gasteiger partial charge in [0, 0.05) is 42.0 Å². The van der Waals surface area contributed by atoms with Crippen molar-refractivity contribution in [2.45, 2.75) is 266 Å². The summed E-state index contributed by atoms with van der Waals surface area (Å²) in [6, 6.07) is 10.9. The highest BCUT2D eigenvalue weighted by Gasteiger charge is 2.34. The number of amides is 4. The van der Waals surface area contributed by atoms with E-state index in [0.29, 0.717) is 49.7 Å². The summed E-state index contributed by atoms with van der Waals surface area (Å²) in [5.41, 5.74) is 0.882. The molecule has 4 heterocycles. The third-order valence-electron chi connectivity index (χ3n) is 16.7. The predicted molar refractivity (Wildman–Crippen MR) is 377 cm³/mol. The minimum atomic E-state index is -2.31. The number of nitrogens with one attached hydrogen (secondary N) is 4. The smallest absolute Gasteiger partial charge is 0.400 e. The van der Waals surface area contributed by atoms with E-state index < -0.39 is 22.7 Å². The highest BCUT2D eigenvalue weighted by atomic mass is 28.4. The van der Waals surface area contributed by atoms with Crippen LogP contribution in [0.2, 0.25) is 36.3 Å². The molecule has 4 amide bonds. The molecule has 0 fully saturated rings. The molecule has 0 aliphatic heterocycles. The maximum Gasteiger partial charge on any atom is 0.400 e. The molecule has 0 aliphatic carbocycles. The summed E-state index contributed by atoms with van der Waals surface area (Å²) in [6.45, 7) is 41.8. The Kier molecular flexibility index (Phi) is 49.2. The van der Waals surface area contributed by atoms with E-state index in [1.165, 1.54) is 81.7 Å². The van der Waals surface area contributed by atoms with Crippen molar-refractivity contribution in [3.05, 3.63) is 24.3 Å². The molecule has 0 bridgehead atoms. The number of nitriles is 2. The van der Waals surface area contributed by atoms with Crippen molar-refractivity contribution in [3.63, 3.8) is 0 Å². The Balaban J connectivity index is -0.00000137. The van der Waals surface area contributed by atoms with Crippen molar-refractivity contribution >= 4 is 87.9 Å². The van der Waals surface area contributed by atoms with Crippen molar-refractivity contribution < 1.29 is 65.1 Å². The first kappa shape index (κ1) is 89.7. The van der Waals surface area contributed by atoms with Crippen molar-refractivity contribution in [1.29, 1.82) is 10.5 Å². The van der Waals surface area contributed by atoms with Gasteiger partial charge in [0.2, 0.25) is 65.2 Å². The van der Waals surface area contributed by atoms with Gasteiger partial charge >= 0.3 is 18.0 Å². The maximum absolute atomic E-state index is 13.2. The minimum absolute atomic E-state index is 0. The Bertz CT molecular complexity index is 2870. The molecule has 0 aliphatic rings. The summed E-state index contributed by atoms with van der Waals surface area (Å²) in [4.78, 5) is 89.1. The number of isocyanates is 2. The van der Waals surface area contributed by atoms with Crippen LogP contribution in [0, 0.1) is 52.6 Å². The van der Waals surface area contributed by atoms with Gasteiger partial charge in [-0.15, -0.1) is 20.5 Å². The topological polar surface area (TPSA) is 323 Å². The molecule has 24 heteroatoms. The van der Waals surface area contributed by atoms with E-state index in [2.05, 4.69) is 117 Å². The number of hydrogen-bond acceptors (Lipinski definition) is 18. The molecule has 0 spiro atoms. The van der Waals surface area contributed by atoms with E-state index >= 15 is 0 Å². The van der Waals surface area contributed by atoms with Gasteiger partial charge in [0.1, 0.15) is 0 Å². The lowest BCUT2D eigenvalue weighted by atomic mass is 10.0. The van der Waals surface area contributed by atoms with Crippen LogP contribution < -0.4 is 30.7 Å². The van der Waals surface area contributed by atoms with Crippen molar-refractivity contribution in [3.8, 4) is 46.7 Å². The van der Waals surface area contributed by atoms with Gasteiger partial charge in [-0.2, -0.15) is 0 Å². The zero-order valence-corrected chi connectivity index (χ0v) is 61.2. The first-order valence-corrected chi connectivity index (χ1v) is 38.5. The van der Waals surface area contributed by atoms with Crippen LogP contribution in [0.15, 0.2) is 51.9 Å². The summed E-state index contributed by atoms with van der Waals surface area (Å²) in [6.07, 6.45) is 17.9. The second-order valence-corrected chi connectivity index (χ2v) is 31.6. The van der Waals surface area contributed by atoms with Gasteiger partial charge in [0.25, 0.3) is 20.8 Å². The molecular formula is C69H116N8O14Si2. The number of ether oxygens (including phenoxy) is 2. The van der Waals surface area contributed by atoms with Gasteiger partial charge < -0.3 is 36.4 Å². The number of unbranched alkanes of at least 4 members (excludes halogenated alkanes) is 2. The lowest BCUT2D eigenvalue weighted by molar-refractivity contribution is -0.121. The number of hydrogen-bond donors (Lipinski definition) is 5. The van der Waals surface area contributed by atoms with Crippen LogP contribution in [-0.4, -0.2) is 57.4 Å². The molecule has 0 radical (unpaired) electrons. The number of carbonyl (C=O) groups excluding carboxylic acids is 6. The predicted octanol–water partition coefficient (Wildman–Crippen LogP) is 21.1. The monoisotopic (exact) mass is 1340 g/mol. The number of nitrogens with zero attached hydrogens (tertiary/aromatic N) is 4. The third-order valence-corrected chi connectivity index (χ3v) is 25.2. The fraction of sp³-hybridized carbons (Fsp3) is 0.652. The average molecular weight is 1340 g/mol. The highest BCUT2D eigenvalue weighted by Crippen LogP contribution is 2.45. The number of aliphatic imine (C=N–C) groups is 2. The van der Waals surface area contributed by atoms with Gasteiger partial charge in [0.05, 0.1) is 22.3 Å². The molecule has 93 heavy (non-hydrogen) atoms. The molecule has 524 valence electrons. The van der Waals surface area contributed by atoms with Crippen LogP contribution in [0.25, 0.3) is 22.3 Å². The Morgan fingerprint density at radius 2 is 0.903 bits per heavy atom. The fourth-order valence-electron chi connectivity index (χ4n) is 8.63. The second-order valence-electron chi connectivity index (χ2n) is 22.3. The Morgan fingerprint density at radius 3 is 1.22 bits per heavy atom. The van der Waals surface area contributed by atoms with E-state index in [1.807, 2.05) is 62.3 Å². The number of furan rings is 4. The minimum Gasteiger partial charge on any atom is -0.503 e. The first-order valence-electron chi connectivity index (χ1n) is 33.4. The molecule has 22 nitrogen and oxygen atoms in total. The van der Waals surface area contributed by atoms with Crippen molar-refractivity contribution in [1.82, 2.24) is 0 Å². The molecule has 0 saturated heterocycles. The molecule has 0 unspecified atom stereocenters. The molecule has 4 aromatic heterocycles. The van der Waals surface area contributed by atoms with E-state index in [1.54, 1.807) is 12.1 Å². The number of carbonyl (C=O) groups is 4. The molecular weight excluding hydrogens is 1220 g/mol. The number of rotatable bonds is 32. The van der Waals surface area contributed by atoms with Crippen LogP contribution in [0.1, 0.15) is 229 Å². The van der Waals surface area contributed by atoms with E-state index in [0.717, 1.165) is 48.1 Å². The van der Waals surface area contributed by atoms with Gasteiger partial charge in [-0.05, 0) is 86.6 Å². The van der Waals surface area contributed by atoms with Gasteiger partial charge in [0.15, 0.2) is 8.32 Å². The Morgan fingerprint density at radius 1 is 0.505 bits per heavy atom. The Hall–Kier alpha value is -7.47. The largest absolute Gasteiger partial charge is 0.503 e. The molecule has 5 N–H and O–H groups in total. The fourth-order valence-corrected chi connectivity index (χ4v) is 12.5. The first-order chi connectivity index (χ1) is 43.9. The van der Waals surface area contributed by atoms with Crippen LogP contribution in [0.5, 0.6) is 11.9 Å². The van der Waals surface area contributed by atoms with E-state index in [4.69, 9.17) is 32.6 Å². The van der Waals surface area contributed by atoms with Crippen LogP contribution in [0.4, 0.5) is 40.1 Å². The number of anilines is 4. The zero-order valence-electron chi connectivity index (χ0n) is 59.2. The summed E-state index contributed by atoms with van der Waals surface area (Å²) >= 11 is 0. The van der Waals surface area contributed by atoms with E-state index in [-0.39, 0.29) is 101 Å². The lowest BCUT2D eigenvalue weighted by Crippen LogP contribution is -2.39. The zero-order chi connectivity index (χ0) is 70.4. The molecule has 0 atom stereocenters. The molecule has 0 aromatic carbocycles. The van der Waals surface area contributed by atoms with E-state index in [9.17, 15) is 33.6 Å².